The summed E-state index contributed by atoms with van der Waals surface area (Å²) in [4.78, 5) is 22.2. The van der Waals surface area contributed by atoms with Crippen LogP contribution < -0.4 is 9.47 Å². The van der Waals surface area contributed by atoms with Gasteiger partial charge in [-0.2, -0.15) is 0 Å². The van der Waals surface area contributed by atoms with E-state index in [1.165, 1.54) is 38.5 Å². The molecule has 22 heavy (non-hydrogen) atoms. The van der Waals surface area contributed by atoms with Crippen molar-refractivity contribution in [1.29, 1.82) is 0 Å². The van der Waals surface area contributed by atoms with Crippen molar-refractivity contribution in [2.24, 2.45) is 0 Å². The lowest BCUT2D eigenvalue weighted by Gasteiger charge is -2.14. The lowest BCUT2D eigenvalue weighted by Crippen LogP contribution is -1.95. The number of carbonyl (C=O) groups is 2. The predicted molar refractivity (Wildman–Crippen MR) is 79.1 cm³/mol. The number of aldehydes is 2. The number of phenolic OH excluding ortho intramolecular Hbond substituents is 2. The Morgan fingerprint density at radius 1 is 0.773 bits per heavy atom. The summed E-state index contributed by atoms with van der Waals surface area (Å²) in [6.45, 7) is 0. The van der Waals surface area contributed by atoms with Crippen molar-refractivity contribution in [3.63, 3.8) is 0 Å². The number of ether oxygens (including phenoxy) is 2. The molecule has 6 nitrogen and oxygen atoms in total. The minimum Gasteiger partial charge on any atom is -0.506 e. The molecule has 0 aliphatic heterocycles. The van der Waals surface area contributed by atoms with Gasteiger partial charge >= 0.3 is 0 Å². The number of rotatable bonds is 5. The number of phenols is 2. The molecule has 0 amide bonds. The van der Waals surface area contributed by atoms with E-state index < -0.39 is 0 Å². The molecule has 2 aromatic rings. The first-order valence-corrected chi connectivity index (χ1v) is 6.29. The standard InChI is InChI=1S/C16H14O6/c1-21-13-5-3-9(15(19)11(13)7-17)10-4-6-14(22-2)12(8-18)16(10)20/h3-8,19-20H,1-2H3. The van der Waals surface area contributed by atoms with Gasteiger partial charge in [0.25, 0.3) is 0 Å². The highest BCUT2D eigenvalue weighted by molar-refractivity contribution is 5.94. The zero-order valence-electron chi connectivity index (χ0n) is 12.0. The largest absolute Gasteiger partial charge is 0.506 e. The summed E-state index contributed by atoms with van der Waals surface area (Å²) in [6.07, 6.45) is 0.914. The third-order valence-corrected chi connectivity index (χ3v) is 3.32. The number of benzene rings is 2. The van der Waals surface area contributed by atoms with Crippen LogP contribution in [-0.4, -0.2) is 37.0 Å². The van der Waals surface area contributed by atoms with Crippen LogP contribution in [0.25, 0.3) is 11.1 Å². The summed E-state index contributed by atoms with van der Waals surface area (Å²) < 4.78 is 9.98. The molecule has 2 N–H and O–H groups in total. The molecule has 0 saturated heterocycles. The molecule has 0 unspecified atom stereocenters. The Labute approximate surface area is 126 Å². The highest BCUT2D eigenvalue weighted by Gasteiger charge is 2.19. The summed E-state index contributed by atoms with van der Waals surface area (Å²) in [7, 11) is 2.74. The maximum atomic E-state index is 11.1. The average Bonchev–Trinajstić information content (AvgIpc) is 2.54. The molecule has 6 heteroatoms. The summed E-state index contributed by atoms with van der Waals surface area (Å²) in [5.41, 5.74) is 0.322. The van der Waals surface area contributed by atoms with Crippen LogP contribution in [0, 0.1) is 0 Å². The smallest absolute Gasteiger partial charge is 0.157 e. The fourth-order valence-electron chi connectivity index (χ4n) is 2.20. The van der Waals surface area contributed by atoms with E-state index in [1.807, 2.05) is 0 Å². The first kappa shape index (κ1) is 15.4. The van der Waals surface area contributed by atoms with Gasteiger partial charge in [-0.25, -0.2) is 0 Å². The second kappa shape index (κ2) is 6.17. The molecule has 0 atom stereocenters. The normalized spacial score (nSPS) is 10.1. The predicted octanol–water partition coefficient (Wildman–Crippen LogP) is 2.41. The molecule has 0 aromatic heterocycles. The van der Waals surface area contributed by atoms with E-state index in [0.717, 1.165) is 0 Å². The van der Waals surface area contributed by atoms with Gasteiger partial charge in [-0.15, -0.1) is 0 Å². The van der Waals surface area contributed by atoms with Crippen molar-refractivity contribution in [3.05, 3.63) is 35.4 Å². The van der Waals surface area contributed by atoms with E-state index in [9.17, 15) is 19.8 Å². The molecular formula is C16H14O6. The van der Waals surface area contributed by atoms with Crippen LogP contribution in [0.3, 0.4) is 0 Å². The number of carbonyl (C=O) groups excluding carboxylic acids is 2. The Morgan fingerprint density at radius 3 is 1.41 bits per heavy atom. The highest BCUT2D eigenvalue weighted by atomic mass is 16.5. The van der Waals surface area contributed by atoms with Gasteiger partial charge in [-0.3, -0.25) is 9.59 Å². The second-order valence-corrected chi connectivity index (χ2v) is 4.39. The van der Waals surface area contributed by atoms with Gasteiger partial charge in [0.2, 0.25) is 0 Å². The zero-order chi connectivity index (χ0) is 16.3. The van der Waals surface area contributed by atoms with Crippen LogP contribution in [0.5, 0.6) is 23.0 Å². The van der Waals surface area contributed by atoms with E-state index >= 15 is 0 Å². The maximum Gasteiger partial charge on any atom is 0.157 e. The minimum atomic E-state index is -0.341. The van der Waals surface area contributed by atoms with Gasteiger partial charge in [0.15, 0.2) is 12.6 Å². The summed E-state index contributed by atoms with van der Waals surface area (Å²) in [5, 5.41) is 20.5. The molecule has 0 aliphatic rings. The molecule has 0 bridgehead atoms. The molecule has 0 aliphatic carbocycles. The fourth-order valence-corrected chi connectivity index (χ4v) is 2.20. The van der Waals surface area contributed by atoms with Crippen molar-refractivity contribution in [2.45, 2.75) is 0 Å². The Hall–Kier alpha value is -3.02. The van der Waals surface area contributed by atoms with Gasteiger partial charge in [-0.1, -0.05) is 0 Å². The Morgan fingerprint density at radius 2 is 1.14 bits per heavy atom. The number of hydrogen-bond acceptors (Lipinski definition) is 6. The Kier molecular flexibility index (Phi) is 4.31. The average molecular weight is 302 g/mol. The van der Waals surface area contributed by atoms with Crippen molar-refractivity contribution in [1.82, 2.24) is 0 Å². The summed E-state index contributed by atoms with van der Waals surface area (Å²) in [6, 6.07) is 5.95. The molecule has 0 fully saturated rings. The SMILES string of the molecule is COc1ccc(-c2ccc(OC)c(C=O)c2O)c(O)c1C=O. The molecule has 114 valence electrons. The highest BCUT2D eigenvalue weighted by Crippen LogP contribution is 2.43. The Bertz CT molecular complexity index is 672. The van der Waals surface area contributed by atoms with Crippen LogP contribution >= 0.6 is 0 Å². The number of methoxy groups -OCH3 is 2. The van der Waals surface area contributed by atoms with Gasteiger partial charge in [0, 0.05) is 11.1 Å². The summed E-state index contributed by atoms with van der Waals surface area (Å²) >= 11 is 0. The molecule has 0 radical (unpaired) electrons. The molecule has 0 heterocycles. The van der Waals surface area contributed by atoms with Crippen LogP contribution in [-0.2, 0) is 0 Å². The topological polar surface area (TPSA) is 93.1 Å². The van der Waals surface area contributed by atoms with Crippen LogP contribution in [0.4, 0.5) is 0 Å². The molecular weight excluding hydrogens is 288 g/mol. The summed E-state index contributed by atoms with van der Waals surface area (Å²) in [5.74, 6) is -0.266. The number of hydrogen-bond donors (Lipinski definition) is 2. The third-order valence-electron chi connectivity index (χ3n) is 3.32. The van der Waals surface area contributed by atoms with Crippen LogP contribution in [0.1, 0.15) is 20.7 Å². The van der Waals surface area contributed by atoms with Gasteiger partial charge in [-0.05, 0) is 24.3 Å². The zero-order valence-corrected chi connectivity index (χ0v) is 12.0. The van der Waals surface area contributed by atoms with E-state index in [1.54, 1.807) is 0 Å². The lowest BCUT2D eigenvalue weighted by atomic mass is 9.98. The fraction of sp³-hybridized carbons (Fsp3) is 0.125. The molecule has 2 rings (SSSR count). The van der Waals surface area contributed by atoms with Crippen molar-refractivity contribution >= 4 is 12.6 Å². The van der Waals surface area contributed by atoms with Gasteiger partial charge in [0.05, 0.1) is 25.3 Å². The molecule has 0 saturated carbocycles. The van der Waals surface area contributed by atoms with Crippen LogP contribution in [0.15, 0.2) is 24.3 Å². The van der Waals surface area contributed by atoms with Crippen molar-refractivity contribution in [2.75, 3.05) is 14.2 Å². The first-order valence-electron chi connectivity index (χ1n) is 6.29. The number of aromatic hydroxyl groups is 2. The molecule has 0 spiro atoms. The molecule has 2 aromatic carbocycles. The van der Waals surface area contributed by atoms with E-state index in [4.69, 9.17) is 9.47 Å². The van der Waals surface area contributed by atoms with Crippen molar-refractivity contribution < 1.29 is 29.3 Å². The lowest BCUT2D eigenvalue weighted by molar-refractivity contribution is 0.111. The third kappa shape index (κ3) is 2.35. The van der Waals surface area contributed by atoms with E-state index in [-0.39, 0.29) is 45.3 Å². The monoisotopic (exact) mass is 302 g/mol. The van der Waals surface area contributed by atoms with Crippen molar-refractivity contribution in [3.8, 4) is 34.1 Å². The van der Waals surface area contributed by atoms with Gasteiger partial charge in [0.1, 0.15) is 23.0 Å². The maximum absolute atomic E-state index is 11.1. The van der Waals surface area contributed by atoms with Crippen LogP contribution in [0.2, 0.25) is 0 Å². The quantitative estimate of drug-likeness (QED) is 0.824. The Balaban J connectivity index is 2.72. The second-order valence-electron chi connectivity index (χ2n) is 4.39. The minimum absolute atomic E-state index is 0.0390. The first-order chi connectivity index (χ1) is 10.6. The van der Waals surface area contributed by atoms with E-state index in [2.05, 4.69) is 0 Å². The van der Waals surface area contributed by atoms with Gasteiger partial charge < -0.3 is 19.7 Å². The van der Waals surface area contributed by atoms with E-state index in [0.29, 0.717) is 12.6 Å².